The Morgan fingerprint density at radius 2 is 1.92 bits per heavy atom. The molecule has 0 spiro atoms. The lowest BCUT2D eigenvalue weighted by molar-refractivity contribution is -0.909. The predicted molar refractivity (Wildman–Crippen MR) is 94.2 cm³/mol. The number of quaternary nitrogens is 1. The fourth-order valence-electron chi connectivity index (χ4n) is 3.06. The van der Waals surface area contributed by atoms with Crippen molar-refractivity contribution in [3.8, 4) is 6.07 Å². The third-order valence-electron chi connectivity index (χ3n) is 4.45. The maximum absolute atomic E-state index is 12.7. The Kier molecular flexibility index (Phi) is 5.78. The summed E-state index contributed by atoms with van der Waals surface area (Å²) in [6.07, 6.45) is 0. The maximum Gasteiger partial charge on any atom is 0.252 e. The molecule has 0 aromatic heterocycles. The van der Waals surface area contributed by atoms with Crippen LogP contribution in [0, 0.1) is 11.3 Å². The molecule has 1 saturated heterocycles. The maximum atomic E-state index is 12.7. The summed E-state index contributed by atoms with van der Waals surface area (Å²) in [5.41, 5.74) is 2.09. The van der Waals surface area contributed by atoms with Gasteiger partial charge in [0.05, 0.1) is 24.8 Å². The van der Waals surface area contributed by atoms with Crippen molar-refractivity contribution >= 4 is 5.91 Å². The number of nitrogens with one attached hydrogen (secondary N) is 2. The lowest BCUT2D eigenvalue weighted by Crippen LogP contribution is -3.14. The van der Waals surface area contributed by atoms with Crippen LogP contribution in [0.5, 0.6) is 0 Å². The Balaban J connectivity index is 1.76. The average Bonchev–Trinajstić information content (AvgIpc) is 2.69. The number of ether oxygens (including phenoxy) is 1. The molecule has 128 valence electrons. The molecule has 1 fully saturated rings. The molecule has 5 nitrogen and oxygen atoms in total. The number of rotatable bonds is 5. The highest BCUT2D eigenvalue weighted by molar-refractivity contribution is 5.94. The van der Waals surface area contributed by atoms with Crippen LogP contribution in [0.1, 0.15) is 27.5 Å². The number of hydrogen-bond acceptors (Lipinski definition) is 3. The van der Waals surface area contributed by atoms with Crippen LogP contribution in [-0.4, -0.2) is 38.8 Å². The zero-order valence-corrected chi connectivity index (χ0v) is 14.1. The molecule has 1 aliphatic heterocycles. The van der Waals surface area contributed by atoms with Gasteiger partial charge in [-0.2, -0.15) is 5.26 Å². The number of benzene rings is 2. The third kappa shape index (κ3) is 4.66. The number of hydrogen-bond donors (Lipinski definition) is 2. The Bertz CT molecular complexity index is 749. The van der Waals surface area contributed by atoms with E-state index >= 15 is 0 Å². The molecule has 0 saturated carbocycles. The van der Waals surface area contributed by atoms with E-state index in [1.54, 1.807) is 24.3 Å². The van der Waals surface area contributed by atoms with E-state index in [-0.39, 0.29) is 11.9 Å². The first-order chi connectivity index (χ1) is 12.3. The van der Waals surface area contributed by atoms with Gasteiger partial charge in [-0.3, -0.25) is 4.79 Å². The summed E-state index contributed by atoms with van der Waals surface area (Å²) in [4.78, 5) is 14.1. The van der Waals surface area contributed by atoms with Crippen molar-refractivity contribution in [2.75, 3.05) is 32.8 Å². The van der Waals surface area contributed by atoms with Crippen molar-refractivity contribution in [2.24, 2.45) is 0 Å². The molecule has 1 amide bonds. The molecule has 1 aliphatic rings. The van der Waals surface area contributed by atoms with Gasteiger partial charge < -0.3 is 15.0 Å². The summed E-state index contributed by atoms with van der Waals surface area (Å²) < 4.78 is 5.42. The highest BCUT2D eigenvalue weighted by atomic mass is 16.5. The third-order valence-corrected chi connectivity index (χ3v) is 4.45. The number of nitriles is 1. The first kappa shape index (κ1) is 17.2. The van der Waals surface area contributed by atoms with Crippen molar-refractivity contribution in [2.45, 2.75) is 6.04 Å². The minimum Gasteiger partial charge on any atom is -0.370 e. The van der Waals surface area contributed by atoms with Gasteiger partial charge in [-0.25, -0.2) is 0 Å². The number of carbonyl (C=O) groups is 1. The van der Waals surface area contributed by atoms with Crippen LogP contribution >= 0.6 is 0 Å². The summed E-state index contributed by atoms with van der Waals surface area (Å²) >= 11 is 0. The zero-order chi connectivity index (χ0) is 17.5. The van der Waals surface area contributed by atoms with Crippen LogP contribution in [0.2, 0.25) is 0 Å². The van der Waals surface area contributed by atoms with Gasteiger partial charge in [0.25, 0.3) is 5.91 Å². The van der Waals surface area contributed by atoms with Gasteiger partial charge in [-0.15, -0.1) is 0 Å². The van der Waals surface area contributed by atoms with Crippen molar-refractivity contribution in [3.63, 3.8) is 0 Å². The molecule has 0 aliphatic carbocycles. The summed E-state index contributed by atoms with van der Waals surface area (Å²) in [7, 11) is 0. The van der Waals surface area contributed by atoms with E-state index < -0.39 is 0 Å². The SMILES string of the molecule is N#Cc1cccc(C(=O)N[C@@H](C[NH+]2CCOCC2)c2ccccc2)c1. The number of carbonyl (C=O) groups excluding carboxylic acids is 1. The summed E-state index contributed by atoms with van der Waals surface area (Å²) in [6, 6.07) is 18.8. The van der Waals surface area contributed by atoms with E-state index in [0.29, 0.717) is 11.1 Å². The number of morpholine rings is 1. The largest absolute Gasteiger partial charge is 0.370 e. The van der Waals surface area contributed by atoms with Crippen LogP contribution in [0.15, 0.2) is 54.6 Å². The quantitative estimate of drug-likeness (QED) is 0.854. The molecular weight excluding hydrogens is 314 g/mol. The van der Waals surface area contributed by atoms with Crippen molar-refractivity contribution in [1.29, 1.82) is 5.26 Å². The second-order valence-electron chi connectivity index (χ2n) is 6.20. The molecule has 0 bridgehead atoms. The van der Waals surface area contributed by atoms with Crippen LogP contribution < -0.4 is 10.2 Å². The van der Waals surface area contributed by atoms with Gasteiger partial charge >= 0.3 is 0 Å². The van der Waals surface area contributed by atoms with Crippen LogP contribution in [-0.2, 0) is 4.74 Å². The lowest BCUT2D eigenvalue weighted by atomic mass is 10.0. The van der Waals surface area contributed by atoms with Gasteiger partial charge in [0.1, 0.15) is 25.7 Å². The monoisotopic (exact) mass is 336 g/mol. The molecule has 25 heavy (non-hydrogen) atoms. The topological polar surface area (TPSA) is 66.6 Å². The molecule has 0 unspecified atom stereocenters. The molecule has 3 rings (SSSR count). The molecular formula is C20H22N3O2+. The zero-order valence-electron chi connectivity index (χ0n) is 14.1. The Morgan fingerprint density at radius 1 is 1.16 bits per heavy atom. The van der Waals surface area contributed by atoms with E-state index in [1.807, 2.05) is 30.3 Å². The van der Waals surface area contributed by atoms with E-state index in [9.17, 15) is 4.79 Å². The number of amides is 1. The Morgan fingerprint density at radius 3 is 2.64 bits per heavy atom. The highest BCUT2D eigenvalue weighted by Crippen LogP contribution is 2.13. The van der Waals surface area contributed by atoms with Crippen LogP contribution in [0.4, 0.5) is 0 Å². The van der Waals surface area contributed by atoms with E-state index in [0.717, 1.165) is 38.4 Å². The second kappa shape index (κ2) is 8.43. The predicted octanol–water partition coefficient (Wildman–Crippen LogP) is 0.944. The van der Waals surface area contributed by atoms with Gasteiger partial charge in [-0.05, 0) is 23.8 Å². The Labute approximate surface area is 147 Å². The van der Waals surface area contributed by atoms with E-state index in [1.165, 1.54) is 4.90 Å². The van der Waals surface area contributed by atoms with Crippen molar-refractivity contribution in [3.05, 3.63) is 71.3 Å². The average molecular weight is 336 g/mol. The summed E-state index contributed by atoms with van der Waals surface area (Å²) in [6.45, 7) is 4.23. The fourth-order valence-corrected chi connectivity index (χ4v) is 3.06. The normalized spacial score (nSPS) is 16.0. The van der Waals surface area contributed by atoms with Crippen LogP contribution in [0.3, 0.4) is 0 Å². The van der Waals surface area contributed by atoms with Gasteiger partial charge in [0.15, 0.2) is 0 Å². The molecule has 1 atom stereocenters. The molecule has 0 radical (unpaired) electrons. The highest BCUT2D eigenvalue weighted by Gasteiger charge is 2.23. The van der Waals surface area contributed by atoms with E-state index in [4.69, 9.17) is 10.00 Å². The molecule has 2 N–H and O–H groups in total. The standard InChI is InChI=1S/C20H21N3O2/c21-14-16-5-4-8-18(13-16)20(24)22-19(17-6-2-1-3-7-17)15-23-9-11-25-12-10-23/h1-8,13,19H,9-12,15H2,(H,22,24)/p+1/t19-/m0/s1. The molecule has 5 heteroatoms. The minimum absolute atomic E-state index is 0.0764. The van der Waals surface area contributed by atoms with Gasteiger partial charge in [0, 0.05) is 5.56 Å². The van der Waals surface area contributed by atoms with Gasteiger partial charge in [0.2, 0.25) is 0 Å². The fraction of sp³-hybridized carbons (Fsp3) is 0.300. The van der Waals surface area contributed by atoms with Crippen molar-refractivity contribution < 1.29 is 14.4 Å². The molecule has 2 aromatic carbocycles. The molecule has 2 aromatic rings. The van der Waals surface area contributed by atoms with E-state index in [2.05, 4.69) is 11.4 Å². The summed E-state index contributed by atoms with van der Waals surface area (Å²) in [5.74, 6) is -0.154. The van der Waals surface area contributed by atoms with Crippen LogP contribution in [0.25, 0.3) is 0 Å². The van der Waals surface area contributed by atoms with Crippen molar-refractivity contribution in [1.82, 2.24) is 5.32 Å². The first-order valence-electron chi connectivity index (χ1n) is 8.53. The number of nitrogens with zero attached hydrogens (tertiary/aromatic N) is 1. The minimum atomic E-state index is -0.154. The second-order valence-corrected chi connectivity index (χ2v) is 6.20. The summed E-state index contributed by atoms with van der Waals surface area (Å²) in [5, 5.41) is 12.2. The lowest BCUT2D eigenvalue weighted by Gasteiger charge is -2.28. The van der Waals surface area contributed by atoms with Gasteiger partial charge in [-0.1, -0.05) is 36.4 Å². The smallest absolute Gasteiger partial charge is 0.252 e. The Hall–Kier alpha value is -2.68. The first-order valence-corrected chi connectivity index (χ1v) is 8.53. The molecule has 1 heterocycles.